The van der Waals surface area contributed by atoms with E-state index >= 15 is 0 Å². The van der Waals surface area contributed by atoms with Crippen LogP contribution >= 0.6 is 0 Å². The molecule has 128 valence electrons. The van der Waals surface area contributed by atoms with Gasteiger partial charge < -0.3 is 19.1 Å². The van der Waals surface area contributed by atoms with E-state index in [1.165, 1.54) is 0 Å². The molecule has 0 atom stereocenters. The van der Waals surface area contributed by atoms with E-state index in [2.05, 4.69) is 4.90 Å². The third-order valence-electron chi connectivity index (χ3n) is 4.14. The van der Waals surface area contributed by atoms with Gasteiger partial charge in [0.15, 0.2) is 11.5 Å². The van der Waals surface area contributed by atoms with Crippen LogP contribution in [0.4, 0.5) is 0 Å². The number of benzene rings is 1. The molecule has 0 saturated carbocycles. The molecular formula is C17H26N2O4. The minimum absolute atomic E-state index is 0.156. The lowest BCUT2D eigenvalue weighted by atomic mass is 10.1. The number of hydrogen-bond acceptors (Lipinski definition) is 5. The Kier molecular flexibility index (Phi) is 6.67. The zero-order chi connectivity index (χ0) is 16.7. The van der Waals surface area contributed by atoms with Crippen LogP contribution < -0.4 is 9.47 Å². The van der Waals surface area contributed by atoms with Crippen LogP contribution in [-0.2, 0) is 16.0 Å². The van der Waals surface area contributed by atoms with Gasteiger partial charge in [-0.1, -0.05) is 6.07 Å². The second-order valence-electron chi connectivity index (χ2n) is 5.58. The van der Waals surface area contributed by atoms with E-state index in [4.69, 9.17) is 14.2 Å². The third-order valence-corrected chi connectivity index (χ3v) is 4.14. The molecule has 6 nitrogen and oxygen atoms in total. The van der Waals surface area contributed by atoms with Crippen molar-refractivity contribution < 1.29 is 19.0 Å². The summed E-state index contributed by atoms with van der Waals surface area (Å²) in [5.74, 6) is 1.49. The first-order valence-corrected chi connectivity index (χ1v) is 7.88. The molecule has 0 aromatic heterocycles. The van der Waals surface area contributed by atoms with E-state index in [9.17, 15) is 4.79 Å². The average molecular weight is 322 g/mol. The van der Waals surface area contributed by atoms with Gasteiger partial charge in [0.2, 0.25) is 5.91 Å². The van der Waals surface area contributed by atoms with Gasteiger partial charge in [0.1, 0.15) is 0 Å². The Bertz CT molecular complexity index is 513. The van der Waals surface area contributed by atoms with Crippen molar-refractivity contribution in [2.24, 2.45) is 0 Å². The Hall–Kier alpha value is -1.79. The van der Waals surface area contributed by atoms with Gasteiger partial charge in [0.25, 0.3) is 0 Å². The van der Waals surface area contributed by atoms with Crippen molar-refractivity contribution in [3.05, 3.63) is 23.8 Å². The number of carbonyl (C=O) groups excluding carboxylic acids is 1. The number of piperazine rings is 1. The maximum atomic E-state index is 12.5. The van der Waals surface area contributed by atoms with Gasteiger partial charge in [-0.2, -0.15) is 0 Å². The Morgan fingerprint density at radius 1 is 1.04 bits per heavy atom. The molecule has 0 aliphatic carbocycles. The zero-order valence-corrected chi connectivity index (χ0v) is 14.2. The molecule has 23 heavy (non-hydrogen) atoms. The average Bonchev–Trinajstić information content (AvgIpc) is 2.60. The molecule has 1 saturated heterocycles. The molecule has 0 unspecified atom stereocenters. The van der Waals surface area contributed by atoms with Gasteiger partial charge in [0, 0.05) is 39.8 Å². The SMILES string of the molecule is COCCN1CCN(C(=O)Cc2ccc(OC)c(OC)c2)CC1. The van der Waals surface area contributed by atoms with Crippen LogP contribution in [0.15, 0.2) is 18.2 Å². The van der Waals surface area contributed by atoms with Crippen LogP contribution in [0.3, 0.4) is 0 Å². The normalized spacial score (nSPS) is 15.5. The third kappa shape index (κ3) is 4.84. The first-order valence-electron chi connectivity index (χ1n) is 7.88. The van der Waals surface area contributed by atoms with Crippen molar-refractivity contribution in [2.75, 3.05) is 60.7 Å². The van der Waals surface area contributed by atoms with E-state index in [1.807, 2.05) is 23.1 Å². The first kappa shape index (κ1) is 17.6. The monoisotopic (exact) mass is 322 g/mol. The molecule has 2 rings (SSSR count). The summed E-state index contributed by atoms with van der Waals surface area (Å²) in [5.41, 5.74) is 0.939. The highest BCUT2D eigenvalue weighted by Crippen LogP contribution is 2.27. The second kappa shape index (κ2) is 8.74. The summed E-state index contributed by atoms with van der Waals surface area (Å²) in [4.78, 5) is 16.7. The van der Waals surface area contributed by atoms with Crippen LogP contribution in [0, 0.1) is 0 Å². The molecule has 1 heterocycles. The lowest BCUT2D eigenvalue weighted by Crippen LogP contribution is -2.49. The van der Waals surface area contributed by atoms with Crippen LogP contribution in [0.5, 0.6) is 11.5 Å². The van der Waals surface area contributed by atoms with E-state index in [0.717, 1.165) is 44.9 Å². The maximum absolute atomic E-state index is 12.5. The summed E-state index contributed by atoms with van der Waals surface area (Å²) in [6.07, 6.45) is 0.387. The van der Waals surface area contributed by atoms with Gasteiger partial charge >= 0.3 is 0 Å². The summed E-state index contributed by atoms with van der Waals surface area (Å²) in [6, 6.07) is 5.61. The lowest BCUT2D eigenvalue weighted by molar-refractivity contribution is -0.132. The second-order valence-corrected chi connectivity index (χ2v) is 5.58. The van der Waals surface area contributed by atoms with Crippen molar-refractivity contribution >= 4 is 5.91 Å². The van der Waals surface area contributed by atoms with Crippen molar-refractivity contribution in [1.82, 2.24) is 9.80 Å². The summed E-state index contributed by atoms with van der Waals surface area (Å²) >= 11 is 0. The van der Waals surface area contributed by atoms with Crippen molar-refractivity contribution in [1.29, 1.82) is 0 Å². The van der Waals surface area contributed by atoms with Gasteiger partial charge in [0.05, 0.1) is 27.2 Å². The number of nitrogens with zero attached hydrogens (tertiary/aromatic N) is 2. The molecule has 1 amide bonds. The maximum Gasteiger partial charge on any atom is 0.227 e. The minimum Gasteiger partial charge on any atom is -0.493 e. The number of ether oxygens (including phenoxy) is 3. The van der Waals surface area contributed by atoms with Gasteiger partial charge in [-0.25, -0.2) is 0 Å². The molecule has 1 aliphatic heterocycles. The highest BCUT2D eigenvalue weighted by molar-refractivity contribution is 5.79. The number of hydrogen-bond donors (Lipinski definition) is 0. The molecule has 0 bridgehead atoms. The topological polar surface area (TPSA) is 51.2 Å². The molecule has 1 aliphatic rings. The van der Waals surface area contributed by atoms with Crippen LogP contribution in [-0.4, -0.2) is 76.4 Å². The number of amides is 1. The highest BCUT2D eigenvalue weighted by atomic mass is 16.5. The van der Waals surface area contributed by atoms with Crippen molar-refractivity contribution in [2.45, 2.75) is 6.42 Å². The van der Waals surface area contributed by atoms with Crippen LogP contribution in [0.25, 0.3) is 0 Å². The molecular weight excluding hydrogens is 296 g/mol. The molecule has 6 heteroatoms. The van der Waals surface area contributed by atoms with Crippen molar-refractivity contribution in [3.8, 4) is 11.5 Å². The summed E-state index contributed by atoms with van der Waals surface area (Å²) in [7, 11) is 4.91. The molecule has 0 N–H and O–H groups in total. The predicted molar refractivity (Wildman–Crippen MR) is 88.1 cm³/mol. The van der Waals surface area contributed by atoms with Crippen molar-refractivity contribution in [3.63, 3.8) is 0 Å². The largest absolute Gasteiger partial charge is 0.493 e. The molecule has 1 aromatic rings. The Morgan fingerprint density at radius 2 is 1.74 bits per heavy atom. The van der Waals surface area contributed by atoms with E-state index in [1.54, 1.807) is 21.3 Å². The van der Waals surface area contributed by atoms with Crippen LogP contribution in [0.2, 0.25) is 0 Å². The number of carbonyl (C=O) groups is 1. The fraction of sp³-hybridized carbons (Fsp3) is 0.588. The summed E-state index contributed by atoms with van der Waals surface area (Å²) < 4.78 is 15.6. The quantitative estimate of drug-likeness (QED) is 0.751. The van der Waals surface area contributed by atoms with E-state index in [0.29, 0.717) is 17.9 Å². The summed E-state index contributed by atoms with van der Waals surface area (Å²) in [6.45, 7) is 5.02. The first-order chi connectivity index (χ1) is 11.2. The Balaban J connectivity index is 1.88. The van der Waals surface area contributed by atoms with E-state index < -0.39 is 0 Å². The summed E-state index contributed by atoms with van der Waals surface area (Å²) in [5, 5.41) is 0. The Labute approximate surface area is 137 Å². The number of rotatable bonds is 7. The van der Waals surface area contributed by atoms with Gasteiger partial charge in [-0.15, -0.1) is 0 Å². The molecule has 1 fully saturated rings. The fourth-order valence-corrected chi connectivity index (χ4v) is 2.72. The fourth-order valence-electron chi connectivity index (χ4n) is 2.72. The predicted octanol–water partition coefficient (Wildman–Crippen LogP) is 1.04. The zero-order valence-electron chi connectivity index (χ0n) is 14.2. The number of methoxy groups -OCH3 is 3. The van der Waals surface area contributed by atoms with Gasteiger partial charge in [-0.05, 0) is 17.7 Å². The Morgan fingerprint density at radius 3 is 2.35 bits per heavy atom. The van der Waals surface area contributed by atoms with Crippen LogP contribution in [0.1, 0.15) is 5.56 Å². The molecule has 0 spiro atoms. The molecule has 1 aromatic carbocycles. The smallest absolute Gasteiger partial charge is 0.227 e. The standard InChI is InChI=1S/C17H26N2O4/c1-21-11-10-18-6-8-19(9-7-18)17(20)13-14-4-5-15(22-2)16(12-14)23-3/h4-5,12H,6-11,13H2,1-3H3. The van der Waals surface area contributed by atoms with E-state index in [-0.39, 0.29) is 5.91 Å². The highest BCUT2D eigenvalue weighted by Gasteiger charge is 2.21. The van der Waals surface area contributed by atoms with Gasteiger partial charge in [-0.3, -0.25) is 9.69 Å². The lowest BCUT2D eigenvalue weighted by Gasteiger charge is -2.34. The molecule has 0 radical (unpaired) electrons. The minimum atomic E-state index is 0.156.